The van der Waals surface area contributed by atoms with Crippen LogP contribution in [0, 0.1) is 6.92 Å². The maximum atomic E-state index is 6.34. The lowest BCUT2D eigenvalue weighted by atomic mass is 10.1. The fourth-order valence-electron chi connectivity index (χ4n) is 3.55. The molecule has 0 amide bonds. The number of anilines is 1. The van der Waals surface area contributed by atoms with E-state index >= 15 is 0 Å². The van der Waals surface area contributed by atoms with Gasteiger partial charge in [0.25, 0.3) is 0 Å². The molecular formula is C17H22ClN3OS. The van der Waals surface area contributed by atoms with Gasteiger partial charge in [0.1, 0.15) is 0 Å². The quantitative estimate of drug-likeness (QED) is 0.827. The molecule has 23 heavy (non-hydrogen) atoms. The molecule has 4 rings (SSSR count). The van der Waals surface area contributed by atoms with Crippen molar-refractivity contribution >= 4 is 38.3 Å². The summed E-state index contributed by atoms with van der Waals surface area (Å²) in [5, 5.41) is 1.93. The highest BCUT2D eigenvalue weighted by Gasteiger charge is 2.26. The summed E-state index contributed by atoms with van der Waals surface area (Å²) in [6.07, 6.45) is 2.35. The van der Waals surface area contributed by atoms with Crippen LogP contribution < -0.4 is 4.90 Å². The first kappa shape index (κ1) is 15.6. The van der Waals surface area contributed by atoms with Gasteiger partial charge in [0.05, 0.1) is 15.2 Å². The molecule has 0 radical (unpaired) electrons. The number of fused-ring (bicyclic) bond motifs is 1. The van der Waals surface area contributed by atoms with Crippen molar-refractivity contribution in [1.29, 1.82) is 0 Å². The van der Waals surface area contributed by atoms with Gasteiger partial charge in [-0.15, -0.1) is 0 Å². The lowest BCUT2D eigenvalue weighted by Crippen LogP contribution is -2.51. The molecule has 3 heterocycles. The van der Waals surface area contributed by atoms with Gasteiger partial charge in [0.2, 0.25) is 0 Å². The van der Waals surface area contributed by atoms with Crippen LogP contribution in [0.15, 0.2) is 12.1 Å². The highest BCUT2D eigenvalue weighted by Crippen LogP contribution is 2.36. The molecule has 124 valence electrons. The predicted octanol–water partition coefficient (Wildman–Crippen LogP) is 3.56. The van der Waals surface area contributed by atoms with Crippen molar-refractivity contribution in [2.45, 2.75) is 25.8 Å². The van der Waals surface area contributed by atoms with E-state index in [0.29, 0.717) is 6.04 Å². The van der Waals surface area contributed by atoms with Gasteiger partial charge in [-0.25, -0.2) is 4.98 Å². The summed E-state index contributed by atoms with van der Waals surface area (Å²) >= 11 is 8.06. The van der Waals surface area contributed by atoms with Gasteiger partial charge in [-0.1, -0.05) is 29.0 Å². The second-order valence-electron chi connectivity index (χ2n) is 6.41. The van der Waals surface area contributed by atoms with Crippen molar-refractivity contribution in [3.63, 3.8) is 0 Å². The molecule has 2 aliphatic rings. The molecule has 1 aromatic heterocycles. The van der Waals surface area contributed by atoms with Gasteiger partial charge >= 0.3 is 0 Å². The molecule has 2 saturated heterocycles. The SMILES string of the molecule is Cc1ccc(Cl)c2sc(N3CCN(C4CCOCC4)CC3)nc12. The second kappa shape index (κ2) is 6.55. The van der Waals surface area contributed by atoms with Gasteiger partial charge < -0.3 is 9.64 Å². The summed E-state index contributed by atoms with van der Waals surface area (Å²) in [4.78, 5) is 9.90. The molecule has 0 saturated carbocycles. The van der Waals surface area contributed by atoms with E-state index < -0.39 is 0 Å². The molecule has 0 spiro atoms. The van der Waals surface area contributed by atoms with Crippen LogP contribution >= 0.6 is 22.9 Å². The number of nitrogens with zero attached hydrogens (tertiary/aromatic N) is 3. The Morgan fingerprint density at radius 1 is 1.17 bits per heavy atom. The van der Waals surface area contributed by atoms with Crippen LogP contribution in [0.1, 0.15) is 18.4 Å². The number of aryl methyl sites for hydroxylation is 1. The topological polar surface area (TPSA) is 28.6 Å². The summed E-state index contributed by atoms with van der Waals surface area (Å²) in [6.45, 7) is 8.27. The van der Waals surface area contributed by atoms with Gasteiger partial charge in [-0.3, -0.25) is 4.90 Å². The van der Waals surface area contributed by atoms with Crippen molar-refractivity contribution in [2.24, 2.45) is 0 Å². The Morgan fingerprint density at radius 2 is 1.91 bits per heavy atom. The van der Waals surface area contributed by atoms with Crippen molar-refractivity contribution in [3.05, 3.63) is 22.7 Å². The zero-order chi connectivity index (χ0) is 15.8. The zero-order valence-electron chi connectivity index (χ0n) is 13.4. The predicted molar refractivity (Wildman–Crippen MR) is 97.0 cm³/mol. The van der Waals surface area contributed by atoms with E-state index in [1.807, 2.05) is 6.07 Å². The number of aromatic nitrogens is 1. The van der Waals surface area contributed by atoms with Gasteiger partial charge in [0.15, 0.2) is 5.13 Å². The maximum absolute atomic E-state index is 6.34. The van der Waals surface area contributed by atoms with Gasteiger partial charge in [-0.05, 0) is 31.4 Å². The lowest BCUT2D eigenvalue weighted by Gasteiger charge is -2.40. The highest BCUT2D eigenvalue weighted by molar-refractivity contribution is 7.22. The smallest absolute Gasteiger partial charge is 0.186 e. The molecular weight excluding hydrogens is 330 g/mol. The molecule has 2 aliphatic heterocycles. The first-order valence-corrected chi connectivity index (χ1v) is 9.54. The molecule has 1 aromatic carbocycles. The third kappa shape index (κ3) is 3.07. The lowest BCUT2D eigenvalue weighted by molar-refractivity contribution is 0.0321. The third-order valence-corrected chi connectivity index (χ3v) is 6.55. The average Bonchev–Trinajstić information content (AvgIpc) is 3.06. The second-order valence-corrected chi connectivity index (χ2v) is 7.79. The number of benzene rings is 1. The minimum atomic E-state index is 0.706. The van der Waals surface area contributed by atoms with Gasteiger partial charge in [0, 0.05) is 45.4 Å². The normalized spacial score (nSPS) is 21.2. The van der Waals surface area contributed by atoms with Crippen LogP contribution in [-0.4, -0.2) is 55.3 Å². The van der Waals surface area contributed by atoms with Crippen LogP contribution in [0.25, 0.3) is 10.2 Å². The van der Waals surface area contributed by atoms with Crippen LogP contribution in [0.2, 0.25) is 5.02 Å². The number of ether oxygens (including phenoxy) is 1. The van der Waals surface area contributed by atoms with E-state index in [1.54, 1.807) is 11.3 Å². The number of hydrogen-bond acceptors (Lipinski definition) is 5. The molecule has 0 bridgehead atoms. The molecule has 4 nitrogen and oxygen atoms in total. The number of thiazole rings is 1. The Hall–Kier alpha value is -0.880. The Bertz CT molecular complexity index is 651. The Morgan fingerprint density at radius 3 is 2.61 bits per heavy atom. The zero-order valence-corrected chi connectivity index (χ0v) is 15.0. The fraction of sp³-hybridized carbons (Fsp3) is 0.588. The molecule has 2 aromatic rings. The number of rotatable bonds is 2. The first-order valence-electron chi connectivity index (χ1n) is 8.35. The summed E-state index contributed by atoms with van der Waals surface area (Å²) in [6, 6.07) is 4.74. The van der Waals surface area contributed by atoms with Gasteiger partial charge in [-0.2, -0.15) is 0 Å². The number of halogens is 1. The first-order chi connectivity index (χ1) is 11.2. The van der Waals surface area contributed by atoms with E-state index in [1.165, 1.54) is 18.4 Å². The van der Waals surface area contributed by atoms with Crippen molar-refractivity contribution < 1.29 is 4.74 Å². The van der Waals surface area contributed by atoms with Crippen molar-refractivity contribution in [2.75, 3.05) is 44.3 Å². The maximum Gasteiger partial charge on any atom is 0.186 e. The summed E-state index contributed by atoms with van der Waals surface area (Å²) in [5.41, 5.74) is 2.26. The summed E-state index contributed by atoms with van der Waals surface area (Å²) in [7, 11) is 0. The third-order valence-electron chi connectivity index (χ3n) is 4.98. The molecule has 0 unspecified atom stereocenters. The minimum Gasteiger partial charge on any atom is -0.381 e. The van der Waals surface area contributed by atoms with Crippen molar-refractivity contribution in [3.8, 4) is 0 Å². The average molecular weight is 352 g/mol. The molecule has 0 atom stereocenters. The van der Waals surface area contributed by atoms with E-state index in [9.17, 15) is 0 Å². The van der Waals surface area contributed by atoms with Crippen LogP contribution in [-0.2, 0) is 4.74 Å². The van der Waals surface area contributed by atoms with E-state index in [4.69, 9.17) is 21.3 Å². The largest absolute Gasteiger partial charge is 0.381 e. The van der Waals surface area contributed by atoms with E-state index in [0.717, 1.165) is 59.8 Å². The van der Waals surface area contributed by atoms with Crippen LogP contribution in [0.5, 0.6) is 0 Å². The Kier molecular flexibility index (Phi) is 4.46. The van der Waals surface area contributed by atoms with Crippen molar-refractivity contribution in [1.82, 2.24) is 9.88 Å². The standard InChI is InChI=1S/C17H22ClN3OS/c1-12-2-3-14(18)16-15(12)19-17(23-16)21-8-6-20(7-9-21)13-4-10-22-11-5-13/h2-3,13H,4-11H2,1H3. The number of hydrogen-bond donors (Lipinski definition) is 0. The highest BCUT2D eigenvalue weighted by atomic mass is 35.5. The molecule has 6 heteroatoms. The van der Waals surface area contributed by atoms with E-state index in [2.05, 4.69) is 22.8 Å². The fourth-order valence-corrected chi connectivity index (χ4v) is 4.92. The Labute approximate surface area is 146 Å². The Balaban J connectivity index is 1.48. The van der Waals surface area contributed by atoms with E-state index in [-0.39, 0.29) is 0 Å². The van der Waals surface area contributed by atoms with Crippen LogP contribution in [0.4, 0.5) is 5.13 Å². The monoisotopic (exact) mass is 351 g/mol. The summed E-state index contributed by atoms with van der Waals surface area (Å²) in [5.74, 6) is 0. The number of piperazine rings is 1. The molecule has 2 fully saturated rings. The molecule has 0 N–H and O–H groups in total. The van der Waals surface area contributed by atoms with Crippen LogP contribution in [0.3, 0.4) is 0 Å². The summed E-state index contributed by atoms with van der Waals surface area (Å²) < 4.78 is 6.60. The minimum absolute atomic E-state index is 0.706. The molecule has 0 aliphatic carbocycles.